The number of nitro groups is 1. The van der Waals surface area contributed by atoms with Gasteiger partial charge in [0, 0.05) is 6.54 Å². The van der Waals surface area contributed by atoms with E-state index in [4.69, 9.17) is 11.6 Å². The Hall–Kier alpha value is -1.96. The van der Waals surface area contributed by atoms with E-state index in [9.17, 15) is 14.9 Å². The number of nitrogens with zero attached hydrogens (tertiary/aromatic N) is 3. The molecule has 8 nitrogen and oxygen atoms in total. The fraction of sp³-hybridized carbons (Fsp3) is 0.545. The van der Waals surface area contributed by atoms with Gasteiger partial charge in [0.05, 0.1) is 4.92 Å². The number of aromatic nitrogens is 2. The Morgan fingerprint density at radius 1 is 1.45 bits per heavy atom. The van der Waals surface area contributed by atoms with Crippen LogP contribution in [0.2, 0.25) is 5.15 Å². The van der Waals surface area contributed by atoms with E-state index in [2.05, 4.69) is 20.6 Å². The molecule has 0 saturated heterocycles. The number of nitrogens with one attached hydrogen (secondary N) is 2. The highest BCUT2D eigenvalue weighted by atomic mass is 35.5. The van der Waals surface area contributed by atoms with Crippen LogP contribution in [0.4, 0.5) is 11.5 Å². The number of amides is 1. The summed E-state index contributed by atoms with van der Waals surface area (Å²) in [4.78, 5) is 29.3. The molecular weight excluding hydrogens is 286 g/mol. The maximum absolute atomic E-state index is 11.8. The van der Waals surface area contributed by atoms with Crippen molar-refractivity contribution in [1.29, 1.82) is 0 Å². The third kappa shape index (κ3) is 4.30. The van der Waals surface area contributed by atoms with E-state index < -0.39 is 16.7 Å². The van der Waals surface area contributed by atoms with Crippen LogP contribution in [0.25, 0.3) is 0 Å². The van der Waals surface area contributed by atoms with Crippen molar-refractivity contribution in [2.45, 2.75) is 26.8 Å². The van der Waals surface area contributed by atoms with Crippen LogP contribution >= 0.6 is 11.6 Å². The Labute approximate surface area is 121 Å². The summed E-state index contributed by atoms with van der Waals surface area (Å²) in [6.07, 6.45) is 1.09. The number of hydrogen-bond acceptors (Lipinski definition) is 6. The van der Waals surface area contributed by atoms with E-state index in [1.54, 1.807) is 6.92 Å². The quantitative estimate of drug-likeness (QED) is 0.469. The van der Waals surface area contributed by atoms with Gasteiger partial charge in [-0.05, 0) is 12.8 Å². The second kappa shape index (κ2) is 6.99. The molecule has 0 fully saturated rings. The minimum atomic E-state index is -0.691. The van der Waals surface area contributed by atoms with Crippen molar-refractivity contribution < 1.29 is 9.72 Å². The summed E-state index contributed by atoms with van der Waals surface area (Å²) in [6, 6.07) is -0.682. The predicted molar refractivity (Wildman–Crippen MR) is 74.6 cm³/mol. The molecular formula is C11H16ClN5O3. The van der Waals surface area contributed by atoms with Gasteiger partial charge in [0.25, 0.3) is 0 Å². The summed E-state index contributed by atoms with van der Waals surface area (Å²) >= 11 is 5.66. The molecule has 0 bridgehead atoms. The van der Waals surface area contributed by atoms with Gasteiger partial charge in [-0.1, -0.05) is 25.4 Å². The van der Waals surface area contributed by atoms with E-state index in [-0.39, 0.29) is 16.9 Å². The Kier molecular flexibility index (Phi) is 5.63. The summed E-state index contributed by atoms with van der Waals surface area (Å²) in [5.41, 5.74) is -0.447. The zero-order valence-corrected chi connectivity index (χ0v) is 12.1. The van der Waals surface area contributed by atoms with Crippen LogP contribution < -0.4 is 10.6 Å². The second-order valence-corrected chi connectivity index (χ2v) is 4.98. The van der Waals surface area contributed by atoms with Crippen LogP contribution in [0.5, 0.6) is 0 Å². The van der Waals surface area contributed by atoms with Crippen LogP contribution in [-0.4, -0.2) is 33.4 Å². The number of rotatable bonds is 6. The lowest BCUT2D eigenvalue weighted by Crippen LogP contribution is -2.39. The molecule has 1 heterocycles. The molecule has 9 heteroatoms. The maximum Gasteiger partial charge on any atom is 0.348 e. The lowest BCUT2D eigenvalue weighted by molar-refractivity contribution is -0.384. The van der Waals surface area contributed by atoms with Gasteiger partial charge in [-0.2, -0.15) is 0 Å². The van der Waals surface area contributed by atoms with E-state index in [1.165, 1.54) is 0 Å². The van der Waals surface area contributed by atoms with Crippen molar-refractivity contribution in [3.8, 4) is 0 Å². The van der Waals surface area contributed by atoms with Crippen molar-refractivity contribution in [2.75, 3.05) is 11.9 Å². The second-order valence-electron chi connectivity index (χ2n) is 4.62. The van der Waals surface area contributed by atoms with Crippen molar-refractivity contribution in [2.24, 2.45) is 5.92 Å². The van der Waals surface area contributed by atoms with Gasteiger partial charge in [-0.15, -0.1) is 0 Å². The van der Waals surface area contributed by atoms with E-state index in [1.807, 2.05) is 13.8 Å². The first-order valence-electron chi connectivity index (χ1n) is 6.02. The lowest BCUT2D eigenvalue weighted by atomic mass is 10.2. The standard InChI is InChI=1S/C11H16ClN5O3/c1-6(2)4-13-11(18)7(3)16-10-8(17(19)20)9(12)14-5-15-10/h5-7H,4H2,1-3H3,(H,13,18)(H,14,15,16). The minimum Gasteiger partial charge on any atom is -0.354 e. The molecule has 0 aromatic carbocycles. The van der Waals surface area contributed by atoms with E-state index >= 15 is 0 Å². The van der Waals surface area contributed by atoms with E-state index in [0.717, 1.165) is 6.33 Å². The van der Waals surface area contributed by atoms with Gasteiger partial charge in [0.15, 0.2) is 0 Å². The Morgan fingerprint density at radius 2 is 2.10 bits per heavy atom. The summed E-state index contributed by atoms with van der Waals surface area (Å²) < 4.78 is 0. The summed E-state index contributed by atoms with van der Waals surface area (Å²) in [6.45, 7) is 6.04. The number of halogens is 1. The molecule has 20 heavy (non-hydrogen) atoms. The Balaban J connectivity index is 2.80. The zero-order valence-electron chi connectivity index (χ0n) is 11.4. The summed E-state index contributed by atoms with van der Waals surface area (Å²) in [5, 5.41) is 16.0. The van der Waals surface area contributed by atoms with Gasteiger partial charge in [-0.3, -0.25) is 14.9 Å². The molecule has 0 radical (unpaired) electrons. The summed E-state index contributed by atoms with van der Waals surface area (Å²) in [5.74, 6) is -0.0427. The molecule has 0 saturated carbocycles. The molecule has 1 amide bonds. The van der Waals surface area contributed by atoms with Crippen LogP contribution in [0, 0.1) is 16.0 Å². The third-order valence-electron chi connectivity index (χ3n) is 2.39. The highest BCUT2D eigenvalue weighted by Crippen LogP contribution is 2.28. The van der Waals surface area contributed by atoms with E-state index in [0.29, 0.717) is 12.5 Å². The highest BCUT2D eigenvalue weighted by molar-refractivity contribution is 6.31. The first kappa shape index (κ1) is 16.1. The average Bonchev–Trinajstić information content (AvgIpc) is 2.35. The monoisotopic (exact) mass is 301 g/mol. The summed E-state index contributed by atoms with van der Waals surface area (Å²) in [7, 11) is 0. The first-order valence-corrected chi connectivity index (χ1v) is 6.39. The average molecular weight is 302 g/mol. The highest BCUT2D eigenvalue weighted by Gasteiger charge is 2.24. The van der Waals surface area contributed by atoms with Crippen molar-refractivity contribution in [1.82, 2.24) is 15.3 Å². The molecule has 110 valence electrons. The molecule has 1 aromatic rings. The molecule has 1 aromatic heterocycles. The van der Waals surface area contributed by atoms with Gasteiger partial charge >= 0.3 is 5.69 Å². The molecule has 2 N–H and O–H groups in total. The molecule has 1 rings (SSSR count). The Morgan fingerprint density at radius 3 is 2.65 bits per heavy atom. The predicted octanol–water partition coefficient (Wildman–Crippen LogP) is 1.61. The van der Waals surface area contributed by atoms with Gasteiger partial charge in [0.2, 0.25) is 16.9 Å². The van der Waals surface area contributed by atoms with Gasteiger partial charge < -0.3 is 10.6 Å². The SMILES string of the molecule is CC(C)CNC(=O)C(C)Nc1ncnc(Cl)c1[N+](=O)[O-]. The molecule has 1 atom stereocenters. The molecule has 0 aliphatic heterocycles. The van der Waals surface area contributed by atoms with Crippen LogP contribution in [0.1, 0.15) is 20.8 Å². The van der Waals surface area contributed by atoms with Crippen LogP contribution in [0.15, 0.2) is 6.33 Å². The first-order chi connectivity index (χ1) is 9.32. The molecule has 1 unspecified atom stereocenters. The van der Waals surface area contributed by atoms with Crippen molar-refractivity contribution >= 4 is 29.0 Å². The largest absolute Gasteiger partial charge is 0.354 e. The topological polar surface area (TPSA) is 110 Å². The Bertz CT molecular complexity index is 509. The van der Waals surface area contributed by atoms with Crippen molar-refractivity contribution in [3.63, 3.8) is 0 Å². The maximum atomic E-state index is 11.8. The minimum absolute atomic E-state index is 0.0813. The van der Waals surface area contributed by atoms with Crippen LogP contribution in [0.3, 0.4) is 0 Å². The molecule has 0 aliphatic carbocycles. The molecule has 0 spiro atoms. The number of anilines is 1. The normalized spacial score (nSPS) is 12.1. The number of hydrogen-bond donors (Lipinski definition) is 2. The third-order valence-corrected chi connectivity index (χ3v) is 2.67. The van der Waals surface area contributed by atoms with Gasteiger partial charge in [0.1, 0.15) is 12.4 Å². The zero-order chi connectivity index (χ0) is 15.3. The van der Waals surface area contributed by atoms with Crippen LogP contribution in [-0.2, 0) is 4.79 Å². The smallest absolute Gasteiger partial charge is 0.348 e. The van der Waals surface area contributed by atoms with Gasteiger partial charge in [-0.25, -0.2) is 9.97 Å². The fourth-order valence-electron chi connectivity index (χ4n) is 1.35. The van der Waals surface area contributed by atoms with Crippen molar-refractivity contribution in [3.05, 3.63) is 21.6 Å². The lowest BCUT2D eigenvalue weighted by Gasteiger charge is -2.15. The fourth-order valence-corrected chi connectivity index (χ4v) is 1.56. The molecule has 0 aliphatic rings. The number of carbonyl (C=O) groups excluding carboxylic acids is 1. The number of carbonyl (C=O) groups is 1.